The van der Waals surface area contributed by atoms with Crippen molar-refractivity contribution in [3.05, 3.63) is 23.8 Å². The lowest BCUT2D eigenvalue weighted by Gasteiger charge is -2.26. The van der Waals surface area contributed by atoms with Crippen molar-refractivity contribution in [3.63, 3.8) is 0 Å². The molecule has 10 heteroatoms. The zero-order valence-electron chi connectivity index (χ0n) is 12.4. The minimum Gasteiger partial charge on any atom is -0.404 e. The summed E-state index contributed by atoms with van der Waals surface area (Å²) >= 11 is 5.32. The number of anilines is 1. The van der Waals surface area contributed by atoms with E-state index >= 15 is 0 Å². The number of morpholine rings is 1. The zero-order chi connectivity index (χ0) is 17.7. The lowest BCUT2D eigenvalue weighted by molar-refractivity contribution is -0.274. The number of nitrogens with one attached hydrogen (secondary N) is 1. The van der Waals surface area contributed by atoms with E-state index in [1.54, 1.807) is 4.90 Å². The summed E-state index contributed by atoms with van der Waals surface area (Å²) in [6.07, 6.45) is -4.93. The highest BCUT2D eigenvalue weighted by Gasteiger charge is 2.32. The van der Waals surface area contributed by atoms with Crippen molar-refractivity contribution in [1.29, 1.82) is 0 Å². The topological polar surface area (TPSA) is 67.9 Å². The molecule has 1 aromatic rings. The van der Waals surface area contributed by atoms with Gasteiger partial charge < -0.3 is 14.8 Å². The van der Waals surface area contributed by atoms with Crippen LogP contribution < -0.4 is 10.1 Å². The zero-order valence-corrected chi connectivity index (χ0v) is 13.1. The van der Waals surface area contributed by atoms with Crippen molar-refractivity contribution < 1.29 is 32.2 Å². The van der Waals surface area contributed by atoms with E-state index in [9.17, 15) is 22.8 Å². The Kier molecular flexibility index (Phi) is 6.03. The second-order valence-electron chi connectivity index (χ2n) is 4.97. The average Bonchev–Trinajstić information content (AvgIpc) is 2.48. The van der Waals surface area contributed by atoms with Crippen molar-refractivity contribution in [3.8, 4) is 5.75 Å². The summed E-state index contributed by atoms with van der Waals surface area (Å²) in [4.78, 5) is 25.0. The molecule has 0 saturated carbocycles. The molecule has 1 amide bonds. The smallest absolute Gasteiger partial charge is 0.404 e. The molecule has 0 spiro atoms. The molecule has 1 aliphatic rings. The molecule has 1 saturated heterocycles. The Hall–Kier alpha value is -1.84. The van der Waals surface area contributed by atoms with Gasteiger partial charge in [-0.15, -0.1) is 13.2 Å². The van der Waals surface area contributed by atoms with Crippen LogP contribution in [-0.4, -0.2) is 55.3 Å². The molecule has 2 rings (SSSR count). The quantitative estimate of drug-likeness (QED) is 0.809. The molecule has 0 bridgehead atoms. The Morgan fingerprint density at radius 3 is 2.54 bits per heavy atom. The molecule has 1 heterocycles. The number of rotatable bonds is 5. The van der Waals surface area contributed by atoms with Crippen molar-refractivity contribution in [2.75, 3.05) is 38.2 Å². The van der Waals surface area contributed by atoms with Crippen LogP contribution in [0.2, 0.25) is 0 Å². The molecule has 6 nitrogen and oxygen atoms in total. The first-order valence-corrected chi connectivity index (χ1v) is 7.32. The van der Waals surface area contributed by atoms with Crippen molar-refractivity contribution >= 4 is 28.4 Å². The van der Waals surface area contributed by atoms with Crippen LogP contribution in [0.15, 0.2) is 18.2 Å². The molecule has 1 fully saturated rings. The Bertz CT molecular complexity index is 619. The highest BCUT2D eigenvalue weighted by atomic mass is 35.5. The van der Waals surface area contributed by atoms with Gasteiger partial charge in [-0.25, -0.2) is 0 Å². The maximum atomic E-state index is 12.4. The summed E-state index contributed by atoms with van der Waals surface area (Å²) in [5.41, 5.74) is -0.343. The first-order valence-electron chi connectivity index (χ1n) is 6.94. The average molecular weight is 367 g/mol. The van der Waals surface area contributed by atoms with Gasteiger partial charge in [-0.3, -0.25) is 14.5 Å². The van der Waals surface area contributed by atoms with Gasteiger partial charge in [0, 0.05) is 18.7 Å². The van der Waals surface area contributed by atoms with Crippen LogP contribution in [-0.2, 0) is 9.53 Å². The molecule has 1 N–H and O–H groups in total. The number of ether oxygens (including phenoxy) is 2. The van der Waals surface area contributed by atoms with E-state index in [4.69, 9.17) is 16.3 Å². The third-order valence-corrected chi connectivity index (χ3v) is 3.40. The molecule has 0 aromatic heterocycles. The minimum atomic E-state index is -4.93. The van der Waals surface area contributed by atoms with Crippen LogP contribution in [0.25, 0.3) is 0 Å². The Balaban J connectivity index is 2.13. The number of hydrogen-bond acceptors (Lipinski definition) is 5. The van der Waals surface area contributed by atoms with Gasteiger partial charge in [0.05, 0.1) is 25.4 Å². The van der Waals surface area contributed by atoms with Crippen LogP contribution in [0.3, 0.4) is 0 Å². The molecule has 0 atom stereocenters. The second-order valence-corrected chi connectivity index (χ2v) is 5.31. The van der Waals surface area contributed by atoms with E-state index in [0.29, 0.717) is 26.3 Å². The van der Waals surface area contributed by atoms with Crippen molar-refractivity contribution in [2.24, 2.45) is 0 Å². The first kappa shape index (κ1) is 18.5. The van der Waals surface area contributed by atoms with Crippen molar-refractivity contribution in [1.82, 2.24) is 4.90 Å². The number of carbonyl (C=O) groups excluding carboxylic acids is 2. The number of amides is 1. The number of alkyl halides is 3. The fourth-order valence-electron chi connectivity index (χ4n) is 2.12. The van der Waals surface area contributed by atoms with E-state index in [0.717, 1.165) is 18.2 Å². The highest BCUT2D eigenvalue weighted by Crippen LogP contribution is 2.31. The lowest BCUT2D eigenvalue weighted by Crippen LogP contribution is -2.41. The summed E-state index contributed by atoms with van der Waals surface area (Å²) in [7, 11) is 0. The van der Waals surface area contributed by atoms with Gasteiger partial charge in [0.2, 0.25) is 5.91 Å². The summed E-state index contributed by atoms with van der Waals surface area (Å²) in [5, 5.41) is 1.45. The molecule has 0 radical (unpaired) electrons. The fourth-order valence-corrected chi connectivity index (χ4v) is 2.23. The normalized spacial score (nSPS) is 15.8. The van der Waals surface area contributed by atoms with E-state index in [1.165, 1.54) is 0 Å². The molecular formula is C14H14ClF3N2O4. The maximum Gasteiger partial charge on any atom is 0.573 e. The minimum absolute atomic E-state index is 0.0200. The molecule has 1 aliphatic heterocycles. The monoisotopic (exact) mass is 366 g/mol. The van der Waals surface area contributed by atoms with Gasteiger partial charge in [-0.2, -0.15) is 0 Å². The molecule has 24 heavy (non-hydrogen) atoms. The SMILES string of the molecule is O=C(CN1CCOCC1)Nc1cc(C(=O)Cl)ccc1OC(F)(F)F. The summed E-state index contributed by atoms with van der Waals surface area (Å²) < 4.78 is 46.3. The van der Waals surface area contributed by atoms with Gasteiger partial charge in [-0.1, -0.05) is 0 Å². The Morgan fingerprint density at radius 1 is 1.29 bits per heavy atom. The van der Waals surface area contributed by atoms with Crippen LogP contribution in [0, 0.1) is 0 Å². The van der Waals surface area contributed by atoms with E-state index < -0.39 is 23.3 Å². The van der Waals surface area contributed by atoms with Gasteiger partial charge in [0.15, 0.2) is 5.75 Å². The molecule has 132 valence electrons. The van der Waals surface area contributed by atoms with Gasteiger partial charge >= 0.3 is 6.36 Å². The predicted molar refractivity (Wildman–Crippen MR) is 79.2 cm³/mol. The number of carbonyl (C=O) groups is 2. The standard InChI is InChI=1S/C14H14ClF3N2O4/c15-13(22)9-1-2-11(24-14(16,17)18)10(7-9)19-12(21)8-20-3-5-23-6-4-20/h1-2,7H,3-6,8H2,(H,19,21). The van der Waals surface area contributed by atoms with E-state index in [-0.39, 0.29) is 17.8 Å². The summed E-state index contributed by atoms with van der Waals surface area (Å²) in [6, 6.07) is 3.04. The second kappa shape index (κ2) is 7.82. The van der Waals surface area contributed by atoms with E-state index in [1.807, 2.05) is 0 Å². The number of benzene rings is 1. The summed E-state index contributed by atoms with van der Waals surface area (Å²) in [6.45, 7) is 2.02. The fraction of sp³-hybridized carbons (Fsp3) is 0.429. The molecule has 0 unspecified atom stereocenters. The van der Waals surface area contributed by atoms with Gasteiger partial charge in [0.1, 0.15) is 0 Å². The largest absolute Gasteiger partial charge is 0.573 e. The van der Waals surface area contributed by atoms with Crippen LogP contribution in [0.5, 0.6) is 5.75 Å². The van der Waals surface area contributed by atoms with Crippen LogP contribution >= 0.6 is 11.6 Å². The van der Waals surface area contributed by atoms with Crippen LogP contribution in [0.1, 0.15) is 10.4 Å². The highest BCUT2D eigenvalue weighted by molar-refractivity contribution is 6.67. The Labute approximate surface area is 140 Å². The lowest BCUT2D eigenvalue weighted by atomic mass is 10.2. The molecular weight excluding hydrogens is 353 g/mol. The predicted octanol–water partition coefficient (Wildman–Crippen LogP) is 2.23. The van der Waals surface area contributed by atoms with Crippen LogP contribution in [0.4, 0.5) is 18.9 Å². The first-order chi connectivity index (χ1) is 11.2. The molecule has 0 aliphatic carbocycles. The van der Waals surface area contributed by atoms with Gasteiger partial charge in [0.25, 0.3) is 5.24 Å². The third-order valence-electron chi connectivity index (χ3n) is 3.18. The third kappa shape index (κ3) is 5.66. The number of halogens is 4. The number of nitrogens with zero attached hydrogens (tertiary/aromatic N) is 1. The maximum absolute atomic E-state index is 12.4. The van der Waals surface area contributed by atoms with E-state index in [2.05, 4.69) is 10.1 Å². The molecule has 1 aromatic carbocycles. The number of hydrogen-bond donors (Lipinski definition) is 1. The summed E-state index contributed by atoms with van der Waals surface area (Å²) in [5.74, 6) is -1.16. The van der Waals surface area contributed by atoms with Gasteiger partial charge in [-0.05, 0) is 29.8 Å². The Morgan fingerprint density at radius 2 is 1.96 bits per heavy atom. The van der Waals surface area contributed by atoms with Crippen molar-refractivity contribution in [2.45, 2.75) is 6.36 Å².